The van der Waals surface area contributed by atoms with Crippen molar-refractivity contribution in [1.29, 1.82) is 0 Å². The van der Waals surface area contributed by atoms with Gasteiger partial charge in [-0.15, -0.1) is 0 Å². The zero-order valence-electron chi connectivity index (χ0n) is 7.12. The molecular formula is C8H12N2O2. The van der Waals surface area contributed by atoms with Crippen LogP contribution in [0.5, 0.6) is 0 Å². The van der Waals surface area contributed by atoms with E-state index >= 15 is 0 Å². The van der Waals surface area contributed by atoms with Gasteiger partial charge in [-0.2, -0.15) is 0 Å². The SMILES string of the molecule is CN1CCN(C2CC2)C(=O)C1=O. The maximum atomic E-state index is 11.4. The number of rotatable bonds is 1. The third-order valence-electron chi connectivity index (χ3n) is 2.45. The minimum atomic E-state index is -0.354. The van der Waals surface area contributed by atoms with Crippen LogP contribution in [0.4, 0.5) is 0 Å². The normalized spacial score (nSPS) is 25.1. The molecule has 2 amide bonds. The van der Waals surface area contributed by atoms with E-state index in [1.807, 2.05) is 0 Å². The van der Waals surface area contributed by atoms with Crippen molar-refractivity contribution >= 4 is 11.8 Å². The molecule has 4 heteroatoms. The van der Waals surface area contributed by atoms with Crippen LogP contribution >= 0.6 is 0 Å². The van der Waals surface area contributed by atoms with Gasteiger partial charge in [-0.3, -0.25) is 9.59 Å². The highest BCUT2D eigenvalue weighted by Crippen LogP contribution is 2.27. The molecule has 12 heavy (non-hydrogen) atoms. The summed E-state index contributed by atoms with van der Waals surface area (Å²) in [6.45, 7) is 1.40. The van der Waals surface area contributed by atoms with Crippen molar-refractivity contribution in [3.8, 4) is 0 Å². The number of carbonyl (C=O) groups excluding carboxylic acids is 2. The summed E-state index contributed by atoms with van der Waals surface area (Å²) in [4.78, 5) is 25.8. The van der Waals surface area contributed by atoms with Gasteiger partial charge in [-0.25, -0.2) is 0 Å². The maximum absolute atomic E-state index is 11.4. The summed E-state index contributed by atoms with van der Waals surface area (Å²) in [5.74, 6) is -0.667. The first-order valence-corrected chi connectivity index (χ1v) is 4.26. The lowest BCUT2D eigenvalue weighted by Gasteiger charge is -2.31. The van der Waals surface area contributed by atoms with E-state index in [0.29, 0.717) is 19.1 Å². The van der Waals surface area contributed by atoms with E-state index in [9.17, 15) is 9.59 Å². The summed E-state index contributed by atoms with van der Waals surface area (Å²) < 4.78 is 0. The predicted molar refractivity (Wildman–Crippen MR) is 42.4 cm³/mol. The number of hydrogen-bond donors (Lipinski definition) is 0. The third kappa shape index (κ3) is 1.07. The van der Waals surface area contributed by atoms with Crippen LogP contribution in [-0.4, -0.2) is 47.8 Å². The monoisotopic (exact) mass is 168 g/mol. The summed E-state index contributed by atoms with van der Waals surface area (Å²) >= 11 is 0. The Labute approximate surface area is 71.1 Å². The molecule has 0 spiro atoms. The number of hydrogen-bond acceptors (Lipinski definition) is 2. The predicted octanol–water partition coefficient (Wildman–Crippen LogP) is -0.551. The van der Waals surface area contributed by atoms with Gasteiger partial charge in [-0.05, 0) is 12.8 Å². The highest BCUT2D eigenvalue weighted by molar-refractivity contribution is 6.35. The largest absolute Gasteiger partial charge is 0.336 e. The molecule has 2 aliphatic rings. The van der Waals surface area contributed by atoms with Gasteiger partial charge >= 0.3 is 11.8 Å². The third-order valence-corrected chi connectivity index (χ3v) is 2.45. The molecule has 0 aromatic carbocycles. The second-order valence-electron chi connectivity index (χ2n) is 3.46. The molecule has 1 aliphatic carbocycles. The quantitative estimate of drug-likeness (QED) is 0.493. The molecule has 0 aromatic rings. The molecule has 1 saturated heterocycles. The average molecular weight is 168 g/mol. The van der Waals surface area contributed by atoms with E-state index in [4.69, 9.17) is 0 Å². The first-order valence-electron chi connectivity index (χ1n) is 4.26. The van der Waals surface area contributed by atoms with Crippen LogP contribution in [0.25, 0.3) is 0 Å². The van der Waals surface area contributed by atoms with Gasteiger partial charge in [0.2, 0.25) is 0 Å². The van der Waals surface area contributed by atoms with E-state index in [1.165, 1.54) is 4.90 Å². The fraction of sp³-hybridized carbons (Fsp3) is 0.750. The lowest BCUT2D eigenvalue weighted by atomic mass is 10.3. The van der Waals surface area contributed by atoms with Crippen LogP contribution in [0.1, 0.15) is 12.8 Å². The summed E-state index contributed by atoms with van der Waals surface area (Å²) in [6, 6.07) is 0.371. The summed E-state index contributed by atoms with van der Waals surface area (Å²) in [7, 11) is 1.67. The van der Waals surface area contributed by atoms with Crippen LogP contribution in [0, 0.1) is 0 Å². The highest BCUT2D eigenvalue weighted by Gasteiger charge is 2.39. The van der Waals surface area contributed by atoms with Crippen LogP contribution in [0.15, 0.2) is 0 Å². The zero-order chi connectivity index (χ0) is 8.72. The molecule has 2 rings (SSSR count). The molecule has 0 bridgehead atoms. The van der Waals surface area contributed by atoms with Crippen LogP contribution in [-0.2, 0) is 9.59 Å². The van der Waals surface area contributed by atoms with E-state index in [1.54, 1.807) is 11.9 Å². The van der Waals surface area contributed by atoms with E-state index < -0.39 is 0 Å². The first-order chi connectivity index (χ1) is 5.70. The number of carbonyl (C=O) groups is 2. The minimum Gasteiger partial charge on any atom is -0.336 e. The summed E-state index contributed by atoms with van der Waals surface area (Å²) in [5, 5.41) is 0. The van der Waals surface area contributed by atoms with Crippen molar-refractivity contribution in [2.24, 2.45) is 0 Å². The Kier molecular flexibility index (Phi) is 1.56. The van der Waals surface area contributed by atoms with Gasteiger partial charge in [-0.1, -0.05) is 0 Å². The van der Waals surface area contributed by atoms with Gasteiger partial charge in [0, 0.05) is 26.2 Å². The van der Waals surface area contributed by atoms with Crippen molar-refractivity contribution < 1.29 is 9.59 Å². The molecule has 0 atom stereocenters. The van der Waals surface area contributed by atoms with Gasteiger partial charge in [0.05, 0.1) is 0 Å². The lowest BCUT2D eigenvalue weighted by Crippen LogP contribution is -2.53. The van der Waals surface area contributed by atoms with Crippen molar-refractivity contribution in [1.82, 2.24) is 9.80 Å². The second kappa shape index (κ2) is 2.47. The topological polar surface area (TPSA) is 40.6 Å². The number of amides is 2. The first kappa shape index (κ1) is 7.58. The average Bonchev–Trinajstić information content (AvgIpc) is 2.84. The lowest BCUT2D eigenvalue weighted by molar-refractivity contribution is -0.155. The Bertz CT molecular complexity index is 235. The van der Waals surface area contributed by atoms with Gasteiger partial charge in [0.15, 0.2) is 0 Å². The fourth-order valence-electron chi connectivity index (χ4n) is 1.48. The highest BCUT2D eigenvalue weighted by atomic mass is 16.2. The van der Waals surface area contributed by atoms with Crippen molar-refractivity contribution in [3.63, 3.8) is 0 Å². The molecule has 2 fully saturated rings. The molecule has 66 valence electrons. The van der Waals surface area contributed by atoms with Crippen molar-refractivity contribution in [3.05, 3.63) is 0 Å². The van der Waals surface area contributed by atoms with Crippen LogP contribution < -0.4 is 0 Å². The summed E-state index contributed by atoms with van der Waals surface area (Å²) in [5.41, 5.74) is 0. The van der Waals surface area contributed by atoms with E-state index in [-0.39, 0.29) is 11.8 Å². The van der Waals surface area contributed by atoms with Crippen molar-refractivity contribution in [2.75, 3.05) is 20.1 Å². The van der Waals surface area contributed by atoms with Crippen LogP contribution in [0.2, 0.25) is 0 Å². The molecule has 4 nitrogen and oxygen atoms in total. The summed E-state index contributed by atoms with van der Waals surface area (Å²) in [6.07, 6.45) is 2.14. The number of piperazine rings is 1. The smallest absolute Gasteiger partial charge is 0.312 e. The zero-order valence-corrected chi connectivity index (χ0v) is 7.12. The molecule has 1 heterocycles. The Hall–Kier alpha value is -1.06. The second-order valence-corrected chi connectivity index (χ2v) is 3.46. The standard InChI is InChI=1S/C8H12N2O2/c1-9-4-5-10(6-2-3-6)8(12)7(9)11/h6H,2-5H2,1H3. The van der Waals surface area contributed by atoms with E-state index in [0.717, 1.165) is 12.8 Å². The Balaban J connectivity index is 2.09. The molecule has 1 aliphatic heterocycles. The van der Waals surface area contributed by atoms with Gasteiger partial charge in [0.25, 0.3) is 0 Å². The van der Waals surface area contributed by atoms with Gasteiger partial charge in [0.1, 0.15) is 0 Å². The van der Waals surface area contributed by atoms with Crippen molar-refractivity contribution in [2.45, 2.75) is 18.9 Å². The van der Waals surface area contributed by atoms with E-state index in [2.05, 4.69) is 0 Å². The maximum Gasteiger partial charge on any atom is 0.312 e. The number of nitrogens with zero attached hydrogens (tertiary/aromatic N) is 2. The minimum absolute atomic E-state index is 0.314. The molecule has 0 unspecified atom stereocenters. The Morgan fingerprint density at radius 3 is 2.42 bits per heavy atom. The molecule has 0 N–H and O–H groups in total. The molecule has 0 aromatic heterocycles. The molecule has 0 radical (unpaired) electrons. The Morgan fingerprint density at radius 2 is 1.83 bits per heavy atom. The fourth-order valence-corrected chi connectivity index (χ4v) is 1.48. The van der Waals surface area contributed by atoms with Crippen LogP contribution in [0.3, 0.4) is 0 Å². The van der Waals surface area contributed by atoms with Gasteiger partial charge < -0.3 is 9.80 Å². The Morgan fingerprint density at radius 1 is 1.17 bits per heavy atom. The molecule has 1 saturated carbocycles. The number of likely N-dealkylation sites (N-methyl/N-ethyl adjacent to an activating group) is 1. The molecular weight excluding hydrogens is 156 g/mol.